The monoisotopic (exact) mass is 261 g/mol. The second kappa shape index (κ2) is 5.53. The van der Waals surface area contributed by atoms with Crippen molar-refractivity contribution >= 4 is 18.2 Å². The van der Waals surface area contributed by atoms with Crippen LogP contribution in [-0.2, 0) is 4.79 Å². The predicted octanol–water partition coefficient (Wildman–Crippen LogP) is 3.27. The molecule has 0 saturated heterocycles. The molecule has 20 heavy (non-hydrogen) atoms. The zero-order valence-corrected chi connectivity index (χ0v) is 10.8. The Kier molecular flexibility index (Phi) is 3.42. The zero-order chi connectivity index (χ0) is 13.8. The molecule has 1 N–H and O–H groups in total. The Bertz CT molecular complexity index is 674. The van der Waals surface area contributed by atoms with Crippen molar-refractivity contribution < 1.29 is 4.79 Å². The Morgan fingerprint density at radius 1 is 1.00 bits per heavy atom. The number of benzene rings is 2. The summed E-state index contributed by atoms with van der Waals surface area (Å²) in [7, 11) is 0. The van der Waals surface area contributed by atoms with E-state index in [-0.39, 0.29) is 0 Å². The van der Waals surface area contributed by atoms with E-state index in [1.165, 1.54) is 0 Å². The van der Waals surface area contributed by atoms with Crippen molar-refractivity contribution in [2.24, 2.45) is 4.99 Å². The average molecular weight is 261 g/mol. The molecule has 0 fully saturated rings. The number of carbonyl (C=O) groups excluding carboxylic acids is 1. The molecule has 1 radical (unpaired) electrons. The third-order valence-electron chi connectivity index (χ3n) is 3.23. The molecular weight excluding hydrogens is 248 g/mol. The summed E-state index contributed by atoms with van der Waals surface area (Å²) in [4.78, 5) is 15.6. The van der Waals surface area contributed by atoms with Crippen LogP contribution in [0.25, 0.3) is 0 Å². The van der Waals surface area contributed by atoms with E-state index in [2.05, 4.69) is 16.6 Å². The maximum atomic E-state index is 11.4. The molecule has 3 nitrogen and oxygen atoms in total. The summed E-state index contributed by atoms with van der Waals surface area (Å²) < 4.78 is 0. The number of hydrogen-bond acceptors (Lipinski definition) is 3. The van der Waals surface area contributed by atoms with Crippen LogP contribution in [0.4, 0.5) is 5.69 Å². The van der Waals surface area contributed by atoms with Gasteiger partial charge >= 0.3 is 0 Å². The van der Waals surface area contributed by atoms with Crippen LogP contribution in [0.2, 0.25) is 0 Å². The fourth-order valence-corrected chi connectivity index (χ4v) is 2.21. The summed E-state index contributed by atoms with van der Waals surface area (Å²) >= 11 is 0. The number of hydrogen-bond donors (Lipinski definition) is 1. The highest BCUT2D eigenvalue weighted by Crippen LogP contribution is 2.27. The van der Waals surface area contributed by atoms with E-state index in [9.17, 15) is 4.79 Å². The van der Waals surface area contributed by atoms with Crippen LogP contribution in [0.3, 0.4) is 0 Å². The SMILES string of the molecule is O=[C]C(C1=CN=Cc2ccccc2N1)c1ccccc1. The Morgan fingerprint density at radius 2 is 1.75 bits per heavy atom. The molecule has 3 heteroatoms. The molecule has 0 bridgehead atoms. The van der Waals surface area contributed by atoms with Crippen molar-refractivity contribution in [3.63, 3.8) is 0 Å². The van der Waals surface area contributed by atoms with Crippen LogP contribution >= 0.6 is 0 Å². The van der Waals surface area contributed by atoms with Crippen LogP contribution in [0.1, 0.15) is 17.0 Å². The minimum Gasteiger partial charge on any atom is -0.356 e. The molecule has 1 heterocycles. The lowest BCUT2D eigenvalue weighted by molar-refractivity contribution is 0.548. The first-order chi connectivity index (χ1) is 9.88. The van der Waals surface area contributed by atoms with Crippen LogP contribution < -0.4 is 5.32 Å². The highest BCUT2D eigenvalue weighted by molar-refractivity contribution is 5.90. The first-order valence-corrected chi connectivity index (χ1v) is 6.40. The molecular formula is C17H13N2O. The molecule has 1 aliphatic heterocycles. The van der Waals surface area contributed by atoms with Crippen LogP contribution in [0, 0.1) is 0 Å². The smallest absolute Gasteiger partial charge is 0.212 e. The standard InChI is InChI=1S/C17H13N2O/c20-12-15(13-6-2-1-3-7-13)17-11-18-10-14-8-4-5-9-16(14)19-17/h1-11,15,19H. The molecule has 1 atom stereocenters. The third kappa shape index (κ3) is 2.38. The fourth-order valence-electron chi connectivity index (χ4n) is 2.21. The van der Waals surface area contributed by atoms with E-state index in [4.69, 9.17) is 0 Å². The second-order valence-electron chi connectivity index (χ2n) is 4.54. The normalized spacial score (nSPS) is 14.5. The summed E-state index contributed by atoms with van der Waals surface area (Å²) in [6.07, 6.45) is 5.56. The first kappa shape index (κ1) is 12.4. The quantitative estimate of drug-likeness (QED) is 0.921. The molecule has 0 aliphatic carbocycles. The number of rotatable bonds is 3. The van der Waals surface area contributed by atoms with Gasteiger partial charge in [-0.3, -0.25) is 9.79 Å². The number of anilines is 1. The van der Waals surface area contributed by atoms with Gasteiger partial charge in [0, 0.05) is 29.4 Å². The van der Waals surface area contributed by atoms with E-state index >= 15 is 0 Å². The second-order valence-corrected chi connectivity index (χ2v) is 4.54. The largest absolute Gasteiger partial charge is 0.356 e. The fraction of sp³-hybridized carbons (Fsp3) is 0.0588. The molecule has 0 saturated carbocycles. The molecule has 0 amide bonds. The van der Waals surface area contributed by atoms with E-state index in [1.807, 2.05) is 54.6 Å². The van der Waals surface area contributed by atoms with E-state index < -0.39 is 5.92 Å². The summed E-state index contributed by atoms with van der Waals surface area (Å²) in [6.45, 7) is 0. The van der Waals surface area contributed by atoms with Crippen molar-refractivity contribution in [2.45, 2.75) is 5.92 Å². The van der Waals surface area contributed by atoms with Gasteiger partial charge in [0.15, 0.2) is 0 Å². The van der Waals surface area contributed by atoms with E-state index in [1.54, 1.807) is 12.4 Å². The van der Waals surface area contributed by atoms with Gasteiger partial charge in [-0.25, -0.2) is 0 Å². The highest BCUT2D eigenvalue weighted by atomic mass is 16.1. The molecule has 1 unspecified atom stereocenters. The summed E-state index contributed by atoms with van der Waals surface area (Å²) in [6, 6.07) is 17.4. The predicted molar refractivity (Wildman–Crippen MR) is 80.6 cm³/mol. The Morgan fingerprint density at radius 3 is 2.55 bits per heavy atom. The van der Waals surface area contributed by atoms with Gasteiger partial charge in [-0.15, -0.1) is 0 Å². The summed E-state index contributed by atoms with van der Waals surface area (Å²) in [5, 5.41) is 3.28. The van der Waals surface area contributed by atoms with Gasteiger partial charge < -0.3 is 5.32 Å². The number of fused-ring (bicyclic) bond motifs is 1. The van der Waals surface area contributed by atoms with Gasteiger partial charge in [0.05, 0.1) is 5.92 Å². The minimum absolute atomic E-state index is 0.459. The van der Waals surface area contributed by atoms with Crippen LogP contribution in [-0.4, -0.2) is 12.5 Å². The molecule has 3 rings (SSSR count). The Labute approximate surface area is 117 Å². The maximum Gasteiger partial charge on any atom is 0.212 e. The lowest BCUT2D eigenvalue weighted by Gasteiger charge is -2.16. The number of para-hydroxylation sites is 1. The number of allylic oxidation sites excluding steroid dienone is 1. The van der Waals surface area contributed by atoms with Gasteiger partial charge in [-0.1, -0.05) is 48.5 Å². The van der Waals surface area contributed by atoms with Crippen molar-refractivity contribution in [3.8, 4) is 0 Å². The van der Waals surface area contributed by atoms with Crippen molar-refractivity contribution in [1.29, 1.82) is 0 Å². The van der Waals surface area contributed by atoms with Crippen molar-refractivity contribution in [3.05, 3.63) is 77.6 Å². The van der Waals surface area contributed by atoms with Gasteiger partial charge in [0.1, 0.15) is 0 Å². The van der Waals surface area contributed by atoms with Crippen LogP contribution in [0.5, 0.6) is 0 Å². The van der Waals surface area contributed by atoms with Gasteiger partial charge in [-0.2, -0.15) is 0 Å². The molecule has 97 valence electrons. The van der Waals surface area contributed by atoms with E-state index in [0.29, 0.717) is 0 Å². The number of nitrogens with zero attached hydrogens (tertiary/aromatic N) is 1. The summed E-state index contributed by atoms with van der Waals surface area (Å²) in [5.41, 5.74) is 3.57. The molecule has 2 aromatic rings. The minimum atomic E-state index is -0.459. The summed E-state index contributed by atoms with van der Waals surface area (Å²) in [5.74, 6) is -0.459. The van der Waals surface area contributed by atoms with E-state index in [0.717, 1.165) is 22.5 Å². The van der Waals surface area contributed by atoms with Crippen molar-refractivity contribution in [1.82, 2.24) is 0 Å². The van der Waals surface area contributed by atoms with Gasteiger partial charge in [0.2, 0.25) is 6.29 Å². The lowest BCUT2D eigenvalue weighted by atomic mass is 9.97. The van der Waals surface area contributed by atoms with Crippen LogP contribution in [0.15, 0.2) is 71.5 Å². The molecule has 1 aliphatic rings. The van der Waals surface area contributed by atoms with Crippen molar-refractivity contribution in [2.75, 3.05) is 5.32 Å². The lowest BCUT2D eigenvalue weighted by Crippen LogP contribution is -2.11. The molecule has 2 aromatic carbocycles. The maximum absolute atomic E-state index is 11.4. The highest BCUT2D eigenvalue weighted by Gasteiger charge is 2.18. The molecule has 0 aromatic heterocycles. The third-order valence-corrected chi connectivity index (χ3v) is 3.23. The van der Waals surface area contributed by atoms with Gasteiger partial charge in [-0.05, 0) is 11.6 Å². The Balaban J connectivity index is 1.97. The number of nitrogens with one attached hydrogen (secondary N) is 1. The number of aliphatic imine (C=N–C) groups is 1. The zero-order valence-electron chi connectivity index (χ0n) is 10.8. The van der Waals surface area contributed by atoms with Gasteiger partial charge in [0.25, 0.3) is 0 Å². The topological polar surface area (TPSA) is 41.5 Å². The first-order valence-electron chi connectivity index (χ1n) is 6.40. The molecule has 0 spiro atoms. The average Bonchev–Trinajstić information content (AvgIpc) is 2.71. The Hall–Kier alpha value is -2.68.